The van der Waals surface area contributed by atoms with E-state index >= 15 is 0 Å². The van der Waals surface area contributed by atoms with E-state index in [1.165, 1.54) is 0 Å². The molecule has 4 heteroatoms. The van der Waals surface area contributed by atoms with Crippen molar-refractivity contribution in [1.82, 2.24) is 0 Å². The summed E-state index contributed by atoms with van der Waals surface area (Å²) in [4.78, 5) is 0. The van der Waals surface area contributed by atoms with Crippen LogP contribution in [0.5, 0.6) is 0 Å². The zero-order valence-corrected chi connectivity index (χ0v) is 6.07. The van der Waals surface area contributed by atoms with Crippen molar-refractivity contribution >= 4 is 8.80 Å². The Morgan fingerprint density at radius 2 is 1.62 bits per heavy atom. The molecule has 50 valence electrons. The smallest absolute Gasteiger partial charge is 0.172 e. The highest BCUT2D eigenvalue weighted by atomic mass is 28.3. The quantitative estimate of drug-likeness (QED) is 0.491. The van der Waals surface area contributed by atoms with E-state index in [1.807, 2.05) is 0 Å². The van der Waals surface area contributed by atoms with E-state index in [0.29, 0.717) is 0 Å². The Morgan fingerprint density at radius 3 is 1.62 bits per heavy atom. The molecule has 0 aliphatic carbocycles. The van der Waals surface area contributed by atoms with Gasteiger partial charge in [0, 0.05) is 14.8 Å². The van der Waals surface area contributed by atoms with Crippen molar-refractivity contribution in [1.29, 1.82) is 0 Å². The van der Waals surface area contributed by atoms with Crippen molar-refractivity contribution in [2.45, 2.75) is 25.3 Å². The molecule has 0 saturated heterocycles. The Balaban J connectivity index is 3.39. The van der Waals surface area contributed by atoms with Crippen molar-refractivity contribution in [2.75, 3.05) is 0 Å². The molecule has 0 rings (SSSR count). The van der Waals surface area contributed by atoms with Crippen molar-refractivity contribution < 1.29 is 13.2 Å². The van der Waals surface area contributed by atoms with Crippen LogP contribution in [0.25, 0.3) is 0 Å². The van der Waals surface area contributed by atoms with Gasteiger partial charge in [-0.1, -0.05) is 13.1 Å². The number of halogens is 3. The van der Waals surface area contributed by atoms with Crippen LogP contribution in [0, 0.1) is 0 Å². The standard InChI is InChI=1S/C4H9F3Si/c1-8(2)3-4(5,6)7/h8H,3H2,1-2H3. The van der Waals surface area contributed by atoms with E-state index in [0.717, 1.165) is 0 Å². The van der Waals surface area contributed by atoms with Crippen molar-refractivity contribution in [2.24, 2.45) is 0 Å². The third kappa shape index (κ3) is 6.01. The van der Waals surface area contributed by atoms with Crippen LogP contribution in [0.15, 0.2) is 0 Å². The topological polar surface area (TPSA) is 0 Å². The highest BCUT2D eigenvalue weighted by Crippen LogP contribution is 2.21. The minimum Gasteiger partial charge on any atom is -0.172 e. The van der Waals surface area contributed by atoms with E-state index < -0.39 is 21.0 Å². The summed E-state index contributed by atoms with van der Waals surface area (Å²) < 4.78 is 34.0. The second-order valence-electron chi connectivity index (χ2n) is 2.21. The maximum atomic E-state index is 11.3. The summed E-state index contributed by atoms with van der Waals surface area (Å²) in [6.07, 6.45) is -3.92. The zero-order chi connectivity index (χ0) is 6.78. The highest BCUT2D eigenvalue weighted by molar-refractivity contribution is 6.55. The molecule has 0 radical (unpaired) electrons. The summed E-state index contributed by atoms with van der Waals surface area (Å²) in [6, 6.07) is -0.535. The van der Waals surface area contributed by atoms with Gasteiger partial charge in [-0.15, -0.1) is 0 Å². The van der Waals surface area contributed by atoms with Crippen LogP contribution in [-0.2, 0) is 0 Å². The van der Waals surface area contributed by atoms with Gasteiger partial charge in [0.15, 0.2) is 0 Å². The Morgan fingerprint density at radius 1 is 1.25 bits per heavy atom. The van der Waals surface area contributed by atoms with Gasteiger partial charge < -0.3 is 0 Å². The molecule has 0 aromatic rings. The summed E-state index contributed by atoms with van der Waals surface area (Å²) in [7, 11) is -1.42. The van der Waals surface area contributed by atoms with E-state index in [4.69, 9.17) is 0 Å². The lowest BCUT2D eigenvalue weighted by atomic mass is 10.8. The van der Waals surface area contributed by atoms with Gasteiger partial charge in [-0.25, -0.2) is 0 Å². The van der Waals surface area contributed by atoms with Gasteiger partial charge >= 0.3 is 6.18 Å². The van der Waals surface area contributed by atoms with Gasteiger partial charge in [-0.3, -0.25) is 0 Å². The first kappa shape index (κ1) is 8.01. The lowest BCUT2D eigenvalue weighted by Gasteiger charge is -2.06. The minimum atomic E-state index is -3.92. The van der Waals surface area contributed by atoms with Crippen LogP contribution in [0.2, 0.25) is 19.1 Å². The molecule has 0 aliphatic rings. The van der Waals surface area contributed by atoms with Gasteiger partial charge in [0.1, 0.15) is 0 Å². The second-order valence-corrected chi connectivity index (χ2v) is 5.41. The van der Waals surface area contributed by atoms with Crippen LogP contribution < -0.4 is 0 Å². The highest BCUT2D eigenvalue weighted by Gasteiger charge is 2.28. The first-order valence-corrected chi connectivity index (χ1v) is 5.61. The van der Waals surface area contributed by atoms with Crippen LogP contribution in [-0.4, -0.2) is 15.0 Å². The third-order valence-electron chi connectivity index (χ3n) is 0.640. The predicted octanol–water partition coefficient (Wildman–Crippen LogP) is 2.04. The molecule has 0 aliphatic heterocycles. The van der Waals surface area contributed by atoms with E-state index in [2.05, 4.69) is 0 Å². The van der Waals surface area contributed by atoms with E-state index in [9.17, 15) is 13.2 Å². The maximum absolute atomic E-state index is 11.3. The average Bonchev–Trinajstić information content (AvgIpc) is 1.21. The maximum Gasteiger partial charge on any atom is 0.386 e. The molecule has 0 saturated carbocycles. The van der Waals surface area contributed by atoms with Gasteiger partial charge in [0.05, 0.1) is 0 Å². The van der Waals surface area contributed by atoms with Gasteiger partial charge in [-0.2, -0.15) is 13.2 Å². The summed E-state index contributed by atoms with van der Waals surface area (Å²) in [5, 5.41) is 0. The SMILES string of the molecule is C[SiH](C)CC(F)(F)F. The number of rotatable bonds is 1. The van der Waals surface area contributed by atoms with Gasteiger partial charge in [-0.05, 0) is 0 Å². The van der Waals surface area contributed by atoms with Gasteiger partial charge in [0.2, 0.25) is 0 Å². The molecule has 0 amide bonds. The van der Waals surface area contributed by atoms with Crippen LogP contribution in [0.3, 0.4) is 0 Å². The Kier molecular flexibility index (Phi) is 2.53. The fourth-order valence-corrected chi connectivity index (χ4v) is 1.39. The first-order chi connectivity index (χ1) is 3.42. The Hall–Kier alpha value is 0.00688. The Labute approximate surface area is 48.3 Å². The monoisotopic (exact) mass is 142 g/mol. The van der Waals surface area contributed by atoms with E-state index in [-0.39, 0.29) is 0 Å². The third-order valence-corrected chi connectivity index (χ3v) is 1.92. The molecule has 0 unspecified atom stereocenters. The summed E-state index contributed by atoms with van der Waals surface area (Å²) in [5.41, 5.74) is 0. The lowest BCUT2D eigenvalue weighted by Crippen LogP contribution is -2.15. The fourth-order valence-electron chi connectivity index (χ4n) is 0.463. The van der Waals surface area contributed by atoms with Crippen LogP contribution >= 0.6 is 0 Å². The minimum absolute atomic E-state index is 0.535. The molecular weight excluding hydrogens is 133 g/mol. The van der Waals surface area contributed by atoms with E-state index in [1.54, 1.807) is 13.1 Å². The summed E-state index contributed by atoms with van der Waals surface area (Å²) >= 11 is 0. The lowest BCUT2D eigenvalue weighted by molar-refractivity contribution is -0.110. The second kappa shape index (κ2) is 2.52. The zero-order valence-electron chi connectivity index (χ0n) is 4.92. The Bertz CT molecular complexity index is 66.2. The molecule has 0 aromatic heterocycles. The molecule has 0 bridgehead atoms. The normalized spacial score (nSPS) is 12.8. The van der Waals surface area contributed by atoms with Crippen molar-refractivity contribution in [3.05, 3.63) is 0 Å². The van der Waals surface area contributed by atoms with Gasteiger partial charge in [0.25, 0.3) is 0 Å². The van der Waals surface area contributed by atoms with Crippen LogP contribution in [0.1, 0.15) is 0 Å². The largest absolute Gasteiger partial charge is 0.386 e. The molecule has 0 atom stereocenters. The summed E-state index contributed by atoms with van der Waals surface area (Å²) in [5.74, 6) is 0. The molecular formula is C4H9F3Si. The molecule has 0 N–H and O–H groups in total. The molecule has 0 spiro atoms. The molecule has 0 heterocycles. The molecule has 8 heavy (non-hydrogen) atoms. The fraction of sp³-hybridized carbons (Fsp3) is 1.00. The summed E-state index contributed by atoms with van der Waals surface area (Å²) in [6.45, 7) is 3.38. The number of alkyl halides is 3. The molecule has 0 fully saturated rings. The molecule has 0 nitrogen and oxygen atoms in total. The van der Waals surface area contributed by atoms with Crippen molar-refractivity contribution in [3.8, 4) is 0 Å². The van der Waals surface area contributed by atoms with Crippen molar-refractivity contribution in [3.63, 3.8) is 0 Å². The predicted molar refractivity (Wildman–Crippen MR) is 29.7 cm³/mol. The average molecular weight is 142 g/mol. The first-order valence-electron chi connectivity index (χ1n) is 2.48. The van der Waals surface area contributed by atoms with Crippen LogP contribution in [0.4, 0.5) is 13.2 Å². The number of hydrogen-bond donors (Lipinski definition) is 0. The molecule has 0 aromatic carbocycles. The number of hydrogen-bond acceptors (Lipinski definition) is 0.